The molecule has 1 saturated heterocycles. The molecule has 5 nitrogen and oxygen atoms in total. The van der Waals surface area contributed by atoms with Crippen LogP contribution in [0.25, 0.3) is 0 Å². The first-order chi connectivity index (χ1) is 9.62. The molecule has 110 valence electrons. The minimum Gasteiger partial charge on any atom is -0.389 e. The first-order valence-electron chi connectivity index (χ1n) is 7.08. The van der Waals surface area contributed by atoms with E-state index in [-0.39, 0.29) is 6.10 Å². The molecule has 6 heteroatoms. The summed E-state index contributed by atoms with van der Waals surface area (Å²) in [5, 5.41) is 8.74. The van der Waals surface area contributed by atoms with Crippen molar-refractivity contribution >= 4 is 23.0 Å². The highest BCUT2D eigenvalue weighted by molar-refractivity contribution is 7.80. The van der Waals surface area contributed by atoms with Gasteiger partial charge in [-0.3, -0.25) is 0 Å². The van der Waals surface area contributed by atoms with Crippen molar-refractivity contribution < 1.29 is 4.74 Å². The Morgan fingerprint density at radius 3 is 2.65 bits per heavy atom. The number of thiocarbonyl (C=S) groups is 1. The second kappa shape index (κ2) is 6.45. The first kappa shape index (κ1) is 15.1. The van der Waals surface area contributed by atoms with Crippen molar-refractivity contribution in [1.29, 1.82) is 0 Å². The van der Waals surface area contributed by atoms with Crippen molar-refractivity contribution in [3.8, 4) is 0 Å². The maximum atomic E-state index is 5.96. The zero-order chi connectivity index (χ0) is 14.7. The van der Waals surface area contributed by atoms with Crippen LogP contribution >= 0.6 is 12.2 Å². The number of anilines is 1. The number of nitrogens with two attached hydrogens (primary N) is 1. The number of hydrogen-bond donors (Lipinski definition) is 1. The molecule has 1 atom stereocenters. The fourth-order valence-corrected chi connectivity index (χ4v) is 2.97. The minimum absolute atomic E-state index is 0.243. The van der Waals surface area contributed by atoms with Crippen molar-refractivity contribution in [3.05, 3.63) is 16.8 Å². The van der Waals surface area contributed by atoms with Crippen LogP contribution in [0, 0.1) is 0 Å². The maximum absolute atomic E-state index is 5.96. The molecule has 0 saturated carbocycles. The molecular weight excluding hydrogens is 272 g/mol. The molecule has 2 N–H and O–H groups in total. The molecule has 0 amide bonds. The van der Waals surface area contributed by atoms with Crippen LogP contribution in [-0.2, 0) is 17.6 Å². The first-order valence-corrected chi connectivity index (χ1v) is 7.49. The van der Waals surface area contributed by atoms with Gasteiger partial charge in [0.05, 0.1) is 17.4 Å². The predicted octanol–water partition coefficient (Wildman–Crippen LogP) is 1.46. The van der Waals surface area contributed by atoms with Crippen molar-refractivity contribution in [2.45, 2.75) is 39.2 Å². The Morgan fingerprint density at radius 1 is 1.40 bits per heavy atom. The van der Waals surface area contributed by atoms with Gasteiger partial charge in [0.2, 0.25) is 0 Å². The normalized spacial score (nSPS) is 18.6. The number of rotatable bonds is 5. The van der Waals surface area contributed by atoms with Gasteiger partial charge in [0.1, 0.15) is 4.99 Å². The van der Waals surface area contributed by atoms with Crippen molar-refractivity contribution in [1.82, 2.24) is 10.2 Å². The third-order valence-corrected chi connectivity index (χ3v) is 4.06. The van der Waals surface area contributed by atoms with Gasteiger partial charge in [0, 0.05) is 20.2 Å². The predicted molar refractivity (Wildman–Crippen MR) is 84.3 cm³/mol. The molecule has 0 bridgehead atoms. The van der Waals surface area contributed by atoms with Crippen LogP contribution in [0.4, 0.5) is 5.82 Å². The van der Waals surface area contributed by atoms with Gasteiger partial charge in [-0.2, -0.15) is 5.10 Å². The van der Waals surface area contributed by atoms with Crippen LogP contribution in [0.1, 0.15) is 37.1 Å². The Labute approximate surface area is 125 Å². The second-order valence-corrected chi connectivity index (χ2v) is 5.43. The Kier molecular flexibility index (Phi) is 4.88. The Morgan fingerprint density at radius 2 is 2.15 bits per heavy atom. The summed E-state index contributed by atoms with van der Waals surface area (Å²) in [7, 11) is 1.74. The van der Waals surface area contributed by atoms with Gasteiger partial charge in [-0.05, 0) is 24.8 Å². The SMILES string of the molecule is CCc1nnc(N2CCC(OC)C2)c(C(N)=S)c1CC. The lowest BCUT2D eigenvalue weighted by Gasteiger charge is -2.22. The average molecular weight is 294 g/mol. The van der Waals surface area contributed by atoms with E-state index in [0.717, 1.165) is 55.0 Å². The molecule has 20 heavy (non-hydrogen) atoms. The van der Waals surface area contributed by atoms with E-state index in [1.165, 1.54) is 0 Å². The summed E-state index contributed by atoms with van der Waals surface area (Å²) >= 11 is 5.26. The molecule has 1 fully saturated rings. The van der Waals surface area contributed by atoms with E-state index in [0.29, 0.717) is 4.99 Å². The van der Waals surface area contributed by atoms with Gasteiger partial charge in [0.25, 0.3) is 0 Å². The Hall–Kier alpha value is -1.27. The molecular formula is C14H22N4OS. The molecule has 0 spiro atoms. The Bertz CT molecular complexity index is 506. The third kappa shape index (κ3) is 2.76. The fraction of sp³-hybridized carbons (Fsp3) is 0.643. The van der Waals surface area contributed by atoms with Crippen molar-refractivity contribution in [3.63, 3.8) is 0 Å². The van der Waals surface area contributed by atoms with Crippen LogP contribution in [0.15, 0.2) is 0 Å². The number of aromatic nitrogens is 2. The van der Waals surface area contributed by atoms with Gasteiger partial charge >= 0.3 is 0 Å². The highest BCUT2D eigenvalue weighted by Crippen LogP contribution is 2.27. The lowest BCUT2D eigenvalue weighted by Crippen LogP contribution is -2.28. The van der Waals surface area contributed by atoms with E-state index >= 15 is 0 Å². The van der Waals surface area contributed by atoms with Gasteiger partial charge in [-0.25, -0.2) is 0 Å². The summed E-state index contributed by atoms with van der Waals surface area (Å²) in [5.74, 6) is 0.811. The molecule has 0 aliphatic carbocycles. The lowest BCUT2D eigenvalue weighted by molar-refractivity contribution is 0.121. The van der Waals surface area contributed by atoms with Crippen LogP contribution < -0.4 is 10.6 Å². The quantitative estimate of drug-likeness (QED) is 0.830. The summed E-state index contributed by atoms with van der Waals surface area (Å²) in [5.41, 5.74) is 8.97. The summed E-state index contributed by atoms with van der Waals surface area (Å²) in [6, 6.07) is 0. The second-order valence-electron chi connectivity index (χ2n) is 4.99. The summed E-state index contributed by atoms with van der Waals surface area (Å²) < 4.78 is 5.41. The van der Waals surface area contributed by atoms with Gasteiger partial charge in [-0.15, -0.1) is 5.10 Å². The topological polar surface area (TPSA) is 64.3 Å². The molecule has 1 aromatic heterocycles. The number of methoxy groups -OCH3 is 1. The zero-order valence-electron chi connectivity index (χ0n) is 12.3. The number of ether oxygens (including phenoxy) is 1. The summed E-state index contributed by atoms with van der Waals surface area (Å²) in [4.78, 5) is 2.58. The third-order valence-electron chi connectivity index (χ3n) is 3.85. The molecule has 2 heterocycles. The van der Waals surface area contributed by atoms with E-state index in [1.807, 2.05) is 0 Å². The highest BCUT2D eigenvalue weighted by atomic mass is 32.1. The van der Waals surface area contributed by atoms with Crippen LogP contribution in [0.2, 0.25) is 0 Å². The van der Waals surface area contributed by atoms with Crippen LogP contribution in [0.5, 0.6) is 0 Å². The number of hydrogen-bond acceptors (Lipinski definition) is 5. The highest BCUT2D eigenvalue weighted by Gasteiger charge is 2.27. The average Bonchev–Trinajstić information content (AvgIpc) is 2.94. The van der Waals surface area contributed by atoms with Crippen molar-refractivity contribution in [2.75, 3.05) is 25.1 Å². The van der Waals surface area contributed by atoms with Crippen LogP contribution in [-0.4, -0.2) is 41.5 Å². The molecule has 2 rings (SSSR count). The molecule has 1 unspecified atom stereocenters. The lowest BCUT2D eigenvalue weighted by atomic mass is 10.0. The van der Waals surface area contributed by atoms with Crippen molar-refractivity contribution in [2.24, 2.45) is 5.73 Å². The van der Waals surface area contributed by atoms with Gasteiger partial charge < -0.3 is 15.4 Å². The zero-order valence-corrected chi connectivity index (χ0v) is 13.2. The smallest absolute Gasteiger partial charge is 0.161 e. The summed E-state index contributed by atoms with van der Waals surface area (Å²) in [6.45, 7) is 5.89. The largest absolute Gasteiger partial charge is 0.389 e. The minimum atomic E-state index is 0.243. The monoisotopic (exact) mass is 294 g/mol. The van der Waals surface area contributed by atoms with E-state index in [4.69, 9.17) is 22.7 Å². The van der Waals surface area contributed by atoms with Gasteiger partial charge in [-0.1, -0.05) is 26.1 Å². The number of nitrogens with zero attached hydrogens (tertiary/aromatic N) is 3. The van der Waals surface area contributed by atoms with E-state index in [9.17, 15) is 0 Å². The van der Waals surface area contributed by atoms with E-state index in [1.54, 1.807) is 7.11 Å². The fourth-order valence-electron chi connectivity index (χ4n) is 2.76. The molecule has 1 aliphatic heterocycles. The summed E-state index contributed by atoms with van der Waals surface area (Å²) in [6.07, 6.45) is 2.94. The van der Waals surface area contributed by atoms with E-state index < -0.39 is 0 Å². The maximum Gasteiger partial charge on any atom is 0.161 e. The molecule has 0 aromatic carbocycles. The molecule has 0 radical (unpaired) electrons. The van der Waals surface area contributed by atoms with Crippen LogP contribution in [0.3, 0.4) is 0 Å². The number of aryl methyl sites for hydroxylation is 1. The molecule has 1 aliphatic rings. The molecule has 1 aromatic rings. The Balaban J connectivity index is 2.45. The van der Waals surface area contributed by atoms with Gasteiger partial charge in [0.15, 0.2) is 5.82 Å². The standard InChI is InChI=1S/C14H22N4OS/c1-4-10-11(5-2)16-17-14(12(10)13(15)20)18-7-6-9(8-18)19-3/h9H,4-8H2,1-3H3,(H2,15,20). The van der Waals surface area contributed by atoms with E-state index in [2.05, 4.69) is 28.9 Å².